The van der Waals surface area contributed by atoms with Gasteiger partial charge in [-0.1, -0.05) is 23.2 Å². The number of H-pyrrole nitrogens is 1. The molecule has 4 rings (SSSR count). The Morgan fingerprint density at radius 1 is 1.18 bits per heavy atom. The molecule has 0 saturated carbocycles. The first-order valence-electron chi connectivity index (χ1n) is 9.56. The zero-order valence-electron chi connectivity index (χ0n) is 17.2. The van der Waals surface area contributed by atoms with Crippen molar-refractivity contribution in [1.29, 1.82) is 5.26 Å². The third kappa shape index (κ3) is 4.50. The van der Waals surface area contributed by atoms with E-state index in [1.807, 2.05) is 6.07 Å². The summed E-state index contributed by atoms with van der Waals surface area (Å²) >= 11 is 12.4. The first-order chi connectivity index (χ1) is 15.9. The monoisotopic (exact) mass is 499 g/mol. The van der Waals surface area contributed by atoms with E-state index in [1.165, 1.54) is 31.6 Å². The molecule has 1 amide bonds. The number of nitriles is 1. The maximum absolute atomic E-state index is 14.3. The van der Waals surface area contributed by atoms with E-state index < -0.39 is 13.3 Å². The lowest BCUT2D eigenvalue weighted by molar-refractivity contribution is 0.0947. The molecule has 33 heavy (non-hydrogen) atoms. The first-order valence-corrected chi connectivity index (χ1v) is 11.9. The molecule has 2 N–H and O–H groups in total. The molecule has 0 radical (unpaired) electrons. The summed E-state index contributed by atoms with van der Waals surface area (Å²) in [6.45, 7) is 0.155. The highest BCUT2D eigenvalue weighted by Crippen LogP contribution is 2.47. The number of aromatic nitrogens is 3. The van der Waals surface area contributed by atoms with Gasteiger partial charge in [-0.15, -0.1) is 0 Å². The van der Waals surface area contributed by atoms with Crippen LogP contribution in [0, 0.1) is 11.3 Å². The third-order valence-electron chi connectivity index (χ3n) is 4.93. The number of fused-ring (bicyclic) bond motifs is 1. The average molecular weight is 500 g/mol. The lowest BCUT2D eigenvalue weighted by atomic mass is 10.2. The van der Waals surface area contributed by atoms with Gasteiger partial charge in [-0.3, -0.25) is 9.36 Å². The smallest absolute Gasteiger partial charge is 0.268 e. The Morgan fingerprint density at radius 2 is 1.94 bits per heavy atom. The van der Waals surface area contributed by atoms with Crippen LogP contribution in [-0.2, 0) is 15.6 Å². The molecule has 166 valence electrons. The van der Waals surface area contributed by atoms with Crippen molar-refractivity contribution in [3.05, 3.63) is 82.0 Å². The standard InChI is InChI=1S/C22H16Cl2N5O3P/c1-32-33(31,17-5-13(8-25)4-16(24)6-17)21-18-7-15(23)2-3-19(18)29-20(21)22(30)28-11-14-9-26-12-27-10-14/h2-7,9-10,12,29H,11H2,1H3,(H,28,30). The number of amides is 1. The number of nitrogens with one attached hydrogen (secondary N) is 2. The number of rotatable bonds is 6. The normalized spacial score (nSPS) is 12.8. The molecule has 2 aromatic heterocycles. The van der Waals surface area contributed by atoms with Gasteiger partial charge >= 0.3 is 0 Å². The van der Waals surface area contributed by atoms with Crippen molar-refractivity contribution < 1.29 is 13.9 Å². The van der Waals surface area contributed by atoms with E-state index in [-0.39, 0.29) is 33.4 Å². The number of carbonyl (C=O) groups excluding carboxylic acids is 1. The fourth-order valence-electron chi connectivity index (χ4n) is 3.45. The Labute approximate surface area is 199 Å². The minimum absolute atomic E-state index is 0.0489. The molecule has 2 aromatic carbocycles. The quantitative estimate of drug-likeness (QED) is 0.387. The molecule has 11 heteroatoms. The molecule has 0 bridgehead atoms. The van der Waals surface area contributed by atoms with Gasteiger partial charge in [0.25, 0.3) is 13.3 Å². The Balaban J connectivity index is 1.88. The lowest BCUT2D eigenvalue weighted by Crippen LogP contribution is -2.30. The van der Waals surface area contributed by atoms with E-state index >= 15 is 0 Å². The number of carbonyl (C=O) groups is 1. The van der Waals surface area contributed by atoms with Crippen LogP contribution in [0.3, 0.4) is 0 Å². The van der Waals surface area contributed by atoms with Crippen LogP contribution in [0.25, 0.3) is 10.9 Å². The average Bonchev–Trinajstić information content (AvgIpc) is 3.21. The van der Waals surface area contributed by atoms with Gasteiger partial charge < -0.3 is 14.8 Å². The van der Waals surface area contributed by atoms with Crippen LogP contribution >= 0.6 is 30.6 Å². The minimum Gasteiger partial charge on any atom is -0.350 e. The second-order valence-corrected chi connectivity index (χ2v) is 10.3. The van der Waals surface area contributed by atoms with Gasteiger partial charge in [-0.2, -0.15) is 5.26 Å². The summed E-state index contributed by atoms with van der Waals surface area (Å²) in [4.78, 5) is 24.1. The highest BCUT2D eigenvalue weighted by atomic mass is 35.5. The van der Waals surface area contributed by atoms with E-state index in [1.54, 1.807) is 30.6 Å². The molecule has 1 unspecified atom stereocenters. The van der Waals surface area contributed by atoms with Crippen LogP contribution in [0.2, 0.25) is 10.0 Å². The van der Waals surface area contributed by atoms with E-state index in [9.17, 15) is 14.6 Å². The van der Waals surface area contributed by atoms with Crippen molar-refractivity contribution in [2.75, 3.05) is 7.11 Å². The van der Waals surface area contributed by atoms with E-state index in [0.29, 0.717) is 21.5 Å². The topological polar surface area (TPSA) is 121 Å². The van der Waals surface area contributed by atoms with Crippen LogP contribution < -0.4 is 15.9 Å². The minimum atomic E-state index is -3.89. The largest absolute Gasteiger partial charge is 0.350 e. The number of hydrogen-bond acceptors (Lipinski definition) is 6. The molecule has 0 spiro atoms. The van der Waals surface area contributed by atoms with Crippen molar-refractivity contribution in [3.8, 4) is 6.07 Å². The predicted molar refractivity (Wildman–Crippen MR) is 127 cm³/mol. The van der Waals surface area contributed by atoms with E-state index in [4.69, 9.17) is 27.7 Å². The fraction of sp³-hybridized carbons (Fsp3) is 0.0909. The fourth-order valence-corrected chi connectivity index (χ4v) is 6.15. The highest BCUT2D eigenvalue weighted by Gasteiger charge is 2.36. The zero-order chi connectivity index (χ0) is 23.6. The van der Waals surface area contributed by atoms with Gasteiger partial charge in [0.2, 0.25) is 0 Å². The number of halogens is 2. The predicted octanol–water partition coefficient (Wildman–Crippen LogP) is 3.94. The van der Waals surface area contributed by atoms with Crippen molar-refractivity contribution in [1.82, 2.24) is 20.3 Å². The zero-order valence-corrected chi connectivity index (χ0v) is 19.6. The van der Waals surface area contributed by atoms with Gasteiger partial charge in [0, 0.05) is 57.9 Å². The van der Waals surface area contributed by atoms with Crippen LogP contribution in [0.15, 0.2) is 55.1 Å². The Bertz CT molecular complexity index is 1450. The molecule has 2 heterocycles. The van der Waals surface area contributed by atoms with Gasteiger partial charge in [-0.25, -0.2) is 9.97 Å². The first kappa shape index (κ1) is 23.0. The van der Waals surface area contributed by atoms with E-state index in [2.05, 4.69) is 20.3 Å². The van der Waals surface area contributed by atoms with Crippen molar-refractivity contribution in [2.24, 2.45) is 0 Å². The summed E-state index contributed by atoms with van der Waals surface area (Å²) in [5, 5.41) is 13.5. The van der Waals surface area contributed by atoms with Crippen LogP contribution in [-0.4, -0.2) is 28.0 Å². The molecular formula is C22H16Cl2N5O3P. The molecule has 0 saturated heterocycles. The Hall–Kier alpha value is -3.21. The molecule has 4 aromatic rings. The van der Waals surface area contributed by atoms with Gasteiger partial charge in [0.15, 0.2) is 0 Å². The third-order valence-corrected chi connectivity index (χ3v) is 7.89. The lowest BCUT2D eigenvalue weighted by Gasteiger charge is -2.19. The molecule has 0 aliphatic heterocycles. The van der Waals surface area contributed by atoms with Crippen LogP contribution in [0.5, 0.6) is 0 Å². The second kappa shape index (κ2) is 9.34. The molecule has 0 aliphatic carbocycles. The van der Waals surface area contributed by atoms with Gasteiger partial charge in [0.1, 0.15) is 12.0 Å². The maximum atomic E-state index is 14.3. The highest BCUT2D eigenvalue weighted by molar-refractivity contribution is 7.75. The Kier molecular flexibility index (Phi) is 6.50. The maximum Gasteiger partial charge on any atom is 0.268 e. The number of nitrogens with zero attached hydrogens (tertiary/aromatic N) is 3. The second-order valence-electron chi connectivity index (χ2n) is 7.01. The summed E-state index contributed by atoms with van der Waals surface area (Å²) < 4.78 is 19.9. The molecular weight excluding hydrogens is 484 g/mol. The van der Waals surface area contributed by atoms with Crippen molar-refractivity contribution >= 4 is 58.0 Å². The molecule has 0 aliphatic rings. The van der Waals surface area contributed by atoms with Crippen molar-refractivity contribution in [3.63, 3.8) is 0 Å². The van der Waals surface area contributed by atoms with Gasteiger partial charge in [-0.05, 0) is 36.4 Å². The summed E-state index contributed by atoms with van der Waals surface area (Å²) in [5.41, 5.74) is 1.49. The summed E-state index contributed by atoms with van der Waals surface area (Å²) in [6.07, 6.45) is 4.55. The summed E-state index contributed by atoms with van der Waals surface area (Å²) in [7, 11) is -2.61. The van der Waals surface area contributed by atoms with Crippen molar-refractivity contribution in [2.45, 2.75) is 6.54 Å². The summed E-state index contributed by atoms with van der Waals surface area (Å²) in [5.74, 6) is -0.513. The molecule has 1 atom stereocenters. The molecule has 0 fully saturated rings. The number of hydrogen-bond donors (Lipinski definition) is 2. The number of aromatic amines is 1. The van der Waals surface area contributed by atoms with E-state index in [0.717, 1.165) is 0 Å². The summed E-state index contributed by atoms with van der Waals surface area (Å²) in [6, 6.07) is 11.3. The molecule has 8 nitrogen and oxygen atoms in total. The van der Waals surface area contributed by atoms with Crippen LogP contribution in [0.4, 0.5) is 0 Å². The van der Waals surface area contributed by atoms with Crippen LogP contribution in [0.1, 0.15) is 21.6 Å². The van der Waals surface area contributed by atoms with Gasteiger partial charge in [0.05, 0.1) is 16.9 Å². The SMILES string of the molecule is COP(=O)(c1cc(Cl)cc(C#N)c1)c1c(C(=O)NCc2cncnc2)[nH]c2ccc(Cl)cc12. The number of benzene rings is 2. The Morgan fingerprint density at radius 3 is 2.64 bits per heavy atom.